The van der Waals surface area contributed by atoms with Crippen molar-refractivity contribution in [2.45, 2.75) is 38.6 Å². The number of nitriles is 1. The van der Waals surface area contributed by atoms with Crippen molar-refractivity contribution < 1.29 is 14.1 Å². The number of benzene rings is 1. The highest BCUT2D eigenvalue weighted by Crippen LogP contribution is 2.11. The molecule has 0 fully saturated rings. The Morgan fingerprint density at radius 1 is 1.29 bits per heavy atom. The van der Waals surface area contributed by atoms with Gasteiger partial charge in [-0.15, -0.1) is 0 Å². The second kappa shape index (κ2) is 12.9. The lowest BCUT2D eigenvalue weighted by Crippen LogP contribution is -2.33. The number of hydrogen-bond acceptors (Lipinski definition) is 5. The largest absolute Gasteiger partial charge is 0.494 e. The summed E-state index contributed by atoms with van der Waals surface area (Å²) in [4.78, 5) is 0. The maximum absolute atomic E-state index is 11.7. The van der Waals surface area contributed by atoms with Crippen molar-refractivity contribution in [3.63, 3.8) is 0 Å². The highest BCUT2D eigenvalue weighted by atomic mass is 32.2. The fourth-order valence-corrected chi connectivity index (χ4v) is 3.51. The summed E-state index contributed by atoms with van der Waals surface area (Å²) in [7, 11) is -0.750. The van der Waals surface area contributed by atoms with E-state index in [1.807, 2.05) is 6.92 Å². The third-order valence-corrected chi connectivity index (χ3v) is 5.16. The molecular weight excluding hydrogens is 324 g/mol. The van der Waals surface area contributed by atoms with Gasteiger partial charge >= 0.3 is 0 Å². The summed E-state index contributed by atoms with van der Waals surface area (Å²) in [5, 5.41) is 21.3. The van der Waals surface area contributed by atoms with Crippen LogP contribution >= 0.6 is 0 Å². The van der Waals surface area contributed by atoms with Crippen LogP contribution in [0, 0.1) is 11.3 Å². The van der Waals surface area contributed by atoms with Crippen LogP contribution in [0.1, 0.15) is 38.2 Å². The van der Waals surface area contributed by atoms with Gasteiger partial charge in [0.05, 0.1) is 18.2 Å². The summed E-state index contributed by atoms with van der Waals surface area (Å²) in [5.74, 6) is 2.20. The summed E-state index contributed by atoms with van der Waals surface area (Å²) in [6, 6.07) is 9.34. The Kier molecular flexibility index (Phi) is 11.1. The van der Waals surface area contributed by atoms with E-state index in [0.29, 0.717) is 24.3 Å². The predicted molar refractivity (Wildman–Crippen MR) is 97.5 cm³/mol. The van der Waals surface area contributed by atoms with Gasteiger partial charge in [-0.2, -0.15) is 5.26 Å². The molecule has 0 radical (unpaired) electrons. The van der Waals surface area contributed by atoms with E-state index in [1.165, 1.54) is 0 Å². The van der Waals surface area contributed by atoms with Crippen molar-refractivity contribution in [2.75, 3.05) is 31.3 Å². The molecule has 2 atom stereocenters. The Balaban J connectivity index is 2.19. The molecule has 0 aliphatic carbocycles. The zero-order valence-electron chi connectivity index (χ0n) is 14.4. The molecule has 1 aromatic rings. The summed E-state index contributed by atoms with van der Waals surface area (Å²) < 4.78 is 17.3. The minimum atomic E-state index is -0.750. The SMILES string of the molecule is CCCS(=O)CCC(CCO)NCCCOc1ccc(C#N)cc1. The molecule has 2 unspecified atom stereocenters. The number of aliphatic hydroxyl groups is 1. The normalized spacial score (nSPS) is 13.2. The van der Waals surface area contributed by atoms with Crippen LogP contribution in [0.4, 0.5) is 0 Å². The molecule has 0 spiro atoms. The van der Waals surface area contributed by atoms with Crippen molar-refractivity contribution in [2.24, 2.45) is 0 Å². The van der Waals surface area contributed by atoms with Gasteiger partial charge in [0.25, 0.3) is 0 Å². The lowest BCUT2D eigenvalue weighted by atomic mass is 10.1. The average molecular weight is 353 g/mol. The smallest absolute Gasteiger partial charge is 0.119 e. The molecule has 2 N–H and O–H groups in total. The van der Waals surface area contributed by atoms with Crippen LogP contribution in [0.5, 0.6) is 5.75 Å². The first kappa shape index (κ1) is 20.6. The van der Waals surface area contributed by atoms with Crippen LogP contribution in [-0.4, -0.2) is 46.6 Å². The zero-order chi connectivity index (χ0) is 17.6. The van der Waals surface area contributed by atoms with Crippen molar-refractivity contribution in [1.29, 1.82) is 5.26 Å². The predicted octanol–water partition coefficient (Wildman–Crippen LogP) is 2.22. The van der Waals surface area contributed by atoms with Gasteiger partial charge in [0.1, 0.15) is 5.75 Å². The molecule has 0 aromatic heterocycles. The maximum atomic E-state index is 11.7. The fraction of sp³-hybridized carbons (Fsp3) is 0.611. The van der Waals surface area contributed by atoms with E-state index in [-0.39, 0.29) is 12.6 Å². The molecule has 134 valence electrons. The van der Waals surface area contributed by atoms with Crippen LogP contribution in [0.2, 0.25) is 0 Å². The number of ether oxygens (including phenoxy) is 1. The zero-order valence-corrected chi connectivity index (χ0v) is 15.2. The van der Waals surface area contributed by atoms with Gasteiger partial charge in [0, 0.05) is 35.0 Å². The second-order valence-electron chi connectivity index (χ2n) is 5.64. The molecule has 0 heterocycles. The van der Waals surface area contributed by atoms with Gasteiger partial charge in [0.15, 0.2) is 0 Å². The summed E-state index contributed by atoms with van der Waals surface area (Å²) in [6.07, 6.45) is 3.29. The minimum absolute atomic E-state index is 0.139. The van der Waals surface area contributed by atoms with E-state index in [0.717, 1.165) is 37.3 Å². The van der Waals surface area contributed by atoms with E-state index in [2.05, 4.69) is 11.4 Å². The number of nitrogens with one attached hydrogen (secondary N) is 1. The first-order valence-corrected chi connectivity index (χ1v) is 10.0. The highest BCUT2D eigenvalue weighted by Gasteiger charge is 2.09. The van der Waals surface area contributed by atoms with Gasteiger partial charge in [-0.25, -0.2) is 0 Å². The standard InChI is InChI=1S/C18H28N2O3S/c1-2-13-24(22)14-9-17(8-11-21)20-10-3-12-23-18-6-4-16(15-19)5-7-18/h4-7,17,20-21H,2-3,8-14H2,1H3. The summed E-state index contributed by atoms with van der Waals surface area (Å²) >= 11 is 0. The van der Waals surface area contributed by atoms with E-state index in [4.69, 9.17) is 15.1 Å². The fourth-order valence-electron chi connectivity index (χ4n) is 2.30. The number of hydrogen-bond donors (Lipinski definition) is 2. The van der Waals surface area contributed by atoms with E-state index < -0.39 is 10.8 Å². The van der Waals surface area contributed by atoms with Gasteiger partial charge < -0.3 is 15.2 Å². The first-order chi connectivity index (χ1) is 11.7. The monoisotopic (exact) mass is 352 g/mol. The number of rotatable bonds is 13. The van der Waals surface area contributed by atoms with Crippen LogP contribution in [0.25, 0.3) is 0 Å². The molecule has 0 aliphatic rings. The highest BCUT2D eigenvalue weighted by molar-refractivity contribution is 7.84. The Morgan fingerprint density at radius 2 is 2.04 bits per heavy atom. The average Bonchev–Trinajstić information content (AvgIpc) is 2.60. The second-order valence-corrected chi connectivity index (χ2v) is 7.33. The quantitative estimate of drug-likeness (QED) is 0.532. The van der Waals surface area contributed by atoms with Gasteiger partial charge in [-0.05, 0) is 56.5 Å². The van der Waals surface area contributed by atoms with Crippen LogP contribution in [-0.2, 0) is 10.8 Å². The summed E-state index contributed by atoms with van der Waals surface area (Å²) in [6.45, 7) is 3.56. The lowest BCUT2D eigenvalue weighted by molar-refractivity contribution is 0.258. The number of aliphatic hydroxyl groups excluding tert-OH is 1. The lowest BCUT2D eigenvalue weighted by Gasteiger charge is -2.17. The van der Waals surface area contributed by atoms with Gasteiger partial charge in [-0.3, -0.25) is 4.21 Å². The third kappa shape index (κ3) is 9.02. The maximum Gasteiger partial charge on any atom is 0.119 e. The molecule has 1 rings (SSSR count). The van der Waals surface area contributed by atoms with Crippen molar-refractivity contribution in [3.8, 4) is 11.8 Å². The first-order valence-electron chi connectivity index (χ1n) is 8.51. The number of nitrogens with zero attached hydrogens (tertiary/aromatic N) is 1. The molecule has 5 nitrogen and oxygen atoms in total. The van der Waals surface area contributed by atoms with Gasteiger partial charge in [-0.1, -0.05) is 6.92 Å². The molecule has 0 saturated carbocycles. The Morgan fingerprint density at radius 3 is 2.67 bits per heavy atom. The molecule has 0 aliphatic heterocycles. The van der Waals surface area contributed by atoms with Crippen LogP contribution in [0.3, 0.4) is 0 Å². The molecule has 0 saturated heterocycles. The molecule has 0 bridgehead atoms. The minimum Gasteiger partial charge on any atom is -0.494 e. The van der Waals surface area contributed by atoms with Crippen molar-refractivity contribution >= 4 is 10.8 Å². The van der Waals surface area contributed by atoms with Crippen LogP contribution < -0.4 is 10.1 Å². The van der Waals surface area contributed by atoms with Crippen molar-refractivity contribution in [3.05, 3.63) is 29.8 Å². The van der Waals surface area contributed by atoms with E-state index >= 15 is 0 Å². The molecule has 6 heteroatoms. The topological polar surface area (TPSA) is 82.3 Å². The third-order valence-electron chi connectivity index (χ3n) is 3.61. The summed E-state index contributed by atoms with van der Waals surface area (Å²) in [5.41, 5.74) is 0.622. The Hall–Kier alpha value is -1.42. The molecular formula is C18H28N2O3S. The molecule has 24 heavy (non-hydrogen) atoms. The molecule has 1 aromatic carbocycles. The molecule has 0 amide bonds. The van der Waals surface area contributed by atoms with E-state index in [9.17, 15) is 4.21 Å². The van der Waals surface area contributed by atoms with Crippen molar-refractivity contribution in [1.82, 2.24) is 5.32 Å². The Labute approximate surface area is 147 Å². The van der Waals surface area contributed by atoms with E-state index in [1.54, 1.807) is 24.3 Å². The van der Waals surface area contributed by atoms with Gasteiger partial charge in [0.2, 0.25) is 0 Å². The van der Waals surface area contributed by atoms with Crippen LogP contribution in [0.15, 0.2) is 24.3 Å². The Bertz CT molecular complexity index is 514.